The summed E-state index contributed by atoms with van der Waals surface area (Å²) in [6.07, 6.45) is 1.78. The third kappa shape index (κ3) is 3.65. The van der Waals surface area contributed by atoms with Gasteiger partial charge in [-0.1, -0.05) is 11.6 Å². The normalized spacial score (nSPS) is 16.8. The van der Waals surface area contributed by atoms with Crippen LogP contribution in [0.15, 0.2) is 45.9 Å². The Morgan fingerprint density at radius 1 is 1.05 bits per heavy atom. The van der Waals surface area contributed by atoms with Gasteiger partial charge in [-0.3, -0.25) is 5.01 Å². The van der Waals surface area contributed by atoms with Crippen LogP contribution in [0.5, 0.6) is 0 Å². The molecule has 3 rings (SSSR count). The maximum absolute atomic E-state index is 5.89. The van der Waals surface area contributed by atoms with Crippen LogP contribution in [0.1, 0.15) is 5.76 Å². The zero-order chi connectivity index (χ0) is 14.7. The van der Waals surface area contributed by atoms with Gasteiger partial charge < -0.3 is 9.32 Å². The van der Waals surface area contributed by atoms with E-state index in [2.05, 4.69) is 22.1 Å². The first-order valence-corrected chi connectivity index (χ1v) is 7.42. The van der Waals surface area contributed by atoms with E-state index in [1.807, 2.05) is 36.4 Å². The van der Waals surface area contributed by atoms with Crippen molar-refractivity contribution in [2.24, 2.45) is 5.10 Å². The van der Waals surface area contributed by atoms with E-state index < -0.39 is 0 Å². The first-order valence-electron chi connectivity index (χ1n) is 7.04. The summed E-state index contributed by atoms with van der Waals surface area (Å²) in [6, 6.07) is 11.5. The number of furan rings is 1. The van der Waals surface area contributed by atoms with Gasteiger partial charge in [0.25, 0.3) is 0 Å². The van der Waals surface area contributed by atoms with Crippen molar-refractivity contribution < 1.29 is 4.42 Å². The number of benzene rings is 1. The lowest BCUT2D eigenvalue weighted by Crippen LogP contribution is -2.41. The molecule has 1 fully saturated rings. The molecule has 0 amide bonds. The maximum atomic E-state index is 5.89. The molecule has 0 N–H and O–H groups in total. The van der Waals surface area contributed by atoms with Gasteiger partial charge in [-0.2, -0.15) is 5.10 Å². The van der Waals surface area contributed by atoms with Gasteiger partial charge in [-0.15, -0.1) is 0 Å². The summed E-state index contributed by atoms with van der Waals surface area (Å²) >= 11 is 5.89. The van der Waals surface area contributed by atoms with Crippen LogP contribution in [0.4, 0.5) is 0 Å². The van der Waals surface area contributed by atoms with Crippen LogP contribution in [0.3, 0.4) is 0 Å². The standard InChI is InChI=1S/C16H18ClN3O/c1-19-8-10-20(11-9-19)18-12-15-6-7-16(21-15)13-2-4-14(17)5-3-13/h2-7,12H,8-11H2,1H3/b18-12+. The zero-order valence-electron chi connectivity index (χ0n) is 12.0. The predicted octanol–water partition coefficient (Wildman–Crippen LogP) is 3.18. The Morgan fingerprint density at radius 3 is 2.48 bits per heavy atom. The van der Waals surface area contributed by atoms with Crippen LogP contribution in [0.2, 0.25) is 5.02 Å². The highest BCUT2D eigenvalue weighted by Gasteiger charge is 2.11. The van der Waals surface area contributed by atoms with Crippen LogP contribution in [-0.4, -0.2) is 49.4 Å². The van der Waals surface area contributed by atoms with Gasteiger partial charge in [-0.05, 0) is 43.4 Å². The van der Waals surface area contributed by atoms with Gasteiger partial charge in [0.15, 0.2) is 0 Å². The molecule has 0 unspecified atom stereocenters. The molecular weight excluding hydrogens is 286 g/mol. The smallest absolute Gasteiger partial charge is 0.147 e. The van der Waals surface area contributed by atoms with Crippen LogP contribution < -0.4 is 0 Å². The van der Waals surface area contributed by atoms with Gasteiger partial charge >= 0.3 is 0 Å². The topological polar surface area (TPSA) is 32.0 Å². The Kier molecular flexibility index (Phi) is 4.27. The molecule has 0 atom stereocenters. The second-order valence-corrected chi connectivity index (χ2v) is 5.65. The Morgan fingerprint density at radius 2 is 1.76 bits per heavy atom. The average molecular weight is 304 g/mol. The van der Waals surface area contributed by atoms with Crippen molar-refractivity contribution in [3.63, 3.8) is 0 Å². The van der Waals surface area contributed by atoms with Crippen molar-refractivity contribution in [3.8, 4) is 11.3 Å². The number of likely N-dealkylation sites (N-methyl/N-ethyl adjacent to an activating group) is 1. The van der Waals surface area contributed by atoms with Crippen molar-refractivity contribution in [3.05, 3.63) is 47.2 Å². The van der Waals surface area contributed by atoms with E-state index in [1.165, 1.54) is 0 Å². The molecule has 0 saturated carbocycles. The lowest BCUT2D eigenvalue weighted by molar-refractivity contribution is 0.159. The predicted molar refractivity (Wildman–Crippen MR) is 85.8 cm³/mol. The highest BCUT2D eigenvalue weighted by atomic mass is 35.5. The van der Waals surface area contributed by atoms with Gasteiger partial charge in [0.05, 0.1) is 6.21 Å². The van der Waals surface area contributed by atoms with Crippen molar-refractivity contribution in [2.75, 3.05) is 33.2 Å². The molecule has 0 bridgehead atoms. The van der Waals surface area contributed by atoms with E-state index >= 15 is 0 Å². The van der Waals surface area contributed by atoms with Crippen molar-refractivity contribution in [1.82, 2.24) is 9.91 Å². The molecule has 21 heavy (non-hydrogen) atoms. The van der Waals surface area contributed by atoms with E-state index in [-0.39, 0.29) is 0 Å². The molecule has 110 valence electrons. The fourth-order valence-electron chi connectivity index (χ4n) is 2.24. The number of rotatable bonds is 3. The third-order valence-electron chi connectivity index (χ3n) is 3.58. The Balaban J connectivity index is 1.66. The molecule has 4 nitrogen and oxygen atoms in total. The summed E-state index contributed by atoms with van der Waals surface area (Å²) in [5, 5.41) is 7.27. The second kappa shape index (κ2) is 6.33. The minimum Gasteiger partial charge on any atom is -0.455 e. The molecule has 1 aliphatic heterocycles. The molecule has 1 aromatic heterocycles. The van der Waals surface area contributed by atoms with Crippen LogP contribution in [0.25, 0.3) is 11.3 Å². The first kappa shape index (κ1) is 14.2. The Bertz CT molecular complexity index is 613. The van der Waals surface area contributed by atoms with Crippen LogP contribution in [0, 0.1) is 0 Å². The third-order valence-corrected chi connectivity index (χ3v) is 3.84. The first-order chi connectivity index (χ1) is 10.2. The fourth-order valence-corrected chi connectivity index (χ4v) is 2.37. The van der Waals surface area contributed by atoms with E-state index in [0.717, 1.165) is 48.3 Å². The number of nitrogens with zero attached hydrogens (tertiary/aromatic N) is 3. The van der Waals surface area contributed by atoms with Crippen molar-refractivity contribution in [1.29, 1.82) is 0 Å². The van der Waals surface area contributed by atoms with E-state index in [0.29, 0.717) is 0 Å². The molecule has 0 aliphatic carbocycles. The summed E-state index contributed by atoms with van der Waals surface area (Å²) in [6.45, 7) is 4.01. The molecular formula is C16H18ClN3O. The monoisotopic (exact) mass is 303 g/mol. The molecule has 5 heteroatoms. The van der Waals surface area contributed by atoms with Gasteiger partial charge in [-0.25, -0.2) is 0 Å². The quantitative estimate of drug-likeness (QED) is 0.816. The highest BCUT2D eigenvalue weighted by molar-refractivity contribution is 6.30. The molecule has 2 aromatic rings. The molecule has 1 aliphatic rings. The fraction of sp³-hybridized carbons (Fsp3) is 0.312. The van der Waals surface area contributed by atoms with Gasteiger partial charge in [0.2, 0.25) is 0 Å². The minimum absolute atomic E-state index is 0.724. The number of halogens is 1. The zero-order valence-corrected chi connectivity index (χ0v) is 12.8. The highest BCUT2D eigenvalue weighted by Crippen LogP contribution is 2.23. The minimum atomic E-state index is 0.724. The van der Waals surface area contributed by atoms with Crippen LogP contribution in [-0.2, 0) is 0 Å². The van der Waals surface area contributed by atoms with Crippen molar-refractivity contribution >= 4 is 17.8 Å². The Hall–Kier alpha value is -1.78. The van der Waals surface area contributed by atoms with Gasteiger partial charge in [0, 0.05) is 36.8 Å². The molecule has 0 radical (unpaired) electrons. The summed E-state index contributed by atoms with van der Waals surface area (Å²) in [4.78, 5) is 2.30. The number of hydrazone groups is 1. The molecule has 0 spiro atoms. The summed E-state index contributed by atoms with van der Waals surface area (Å²) in [7, 11) is 2.13. The second-order valence-electron chi connectivity index (χ2n) is 5.21. The van der Waals surface area contributed by atoms with E-state index in [4.69, 9.17) is 16.0 Å². The van der Waals surface area contributed by atoms with E-state index in [1.54, 1.807) is 6.21 Å². The maximum Gasteiger partial charge on any atom is 0.147 e. The summed E-state index contributed by atoms with van der Waals surface area (Å²) in [5.41, 5.74) is 1.01. The van der Waals surface area contributed by atoms with Gasteiger partial charge in [0.1, 0.15) is 11.5 Å². The molecule has 1 aromatic carbocycles. The van der Waals surface area contributed by atoms with Crippen LogP contribution >= 0.6 is 11.6 Å². The SMILES string of the molecule is CN1CCN(/N=C/c2ccc(-c3ccc(Cl)cc3)o2)CC1. The molecule has 2 heterocycles. The number of hydrogen-bond donors (Lipinski definition) is 0. The number of piperazine rings is 1. The van der Waals surface area contributed by atoms with Crippen molar-refractivity contribution in [2.45, 2.75) is 0 Å². The van der Waals surface area contributed by atoms with E-state index in [9.17, 15) is 0 Å². The summed E-state index contributed by atoms with van der Waals surface area (Å²) < 4.78 is 5.79. The Labute approximate surface area is 129 Å². The lowest BCUT2D eigenvalue weighted by atomic mass is 10.2. The average Bonchev–Trinajstić information content (AvgIpc) is 2.96. The summed E-state index contributed by atoms with van der Waals surface area (Å²) in [5.74, 6) is 1.59. The number of hydrogen-bond acceptors (Lipinski definition) is 4. The molecule has 1 saturated heterocycles. The largest absolute Gasteiger partial charge is 0.455 e. The lowest BCUT2D eigenvalue weighted by Gasteiger charge is -2.30.